The Bertz CT molecular complexity index is 852. The highest BCUT2D eigenvalue weighted by atomic mass is 16.2. The average Bonchev–Trinajstić information content (AvgIpc) is 3.15. The van der Waals surface area contributed by atoms with Crippen LogP contribution in [0.1, 0.15) is 56.1 Å². The van der Waals surface area contributed by atoms with Crippen LogP contribution in [0.15, 0.2) is 60.7 Å². The molecular weight excluding hydrogens is 368 g/mol. The maximum atomic E-state index is 12.9. The Morgan fingerprint density at radius 3 is 2.40 bits per heavy atom. The number of rotatable bonds is 5. The van der Waals surface area contributed by atoms with Crippen molar-refractivity contribution in [1.82, 2.24) is 10.2 Å². The first kappa shape index (κ1) is 19.8. The van der Waals surface area contributed by atoms with Crippen molar-refractivity contribution in [3.63, 3.8) is 0 Å². The molecule has 1 N–H and O–H groups in total. The Morgan fingerprint density at radius 1 is 0.900 bits per heavy atom. The summed E-state index contributed by atoms with van der Waals surface area (Å²) in [5, 5.41) is 3.95. The normalized spacial score (nSPS) is 31.1. The number of carbonyl (C=O) groups is 1. The van der Waals surface area contributed by atoms with Crippen LogP contribution in [0, 0.1) is 11.8 Å². The van der Waals surface area contributed by atoms with Crippen LogP contribution >= 0.6 is 0 Å². The summed E-state index contributed by atoms with van der Waals surface area (Å²) >= 11 is 0. The Hall–Kier alpha value is -2.13. The van der Waals surface area contributed by atoms with E-state index in [-0.39, 0.29) is 5.54 Å². The van der Waals surface area contributed by atoms with Gasteiger partial charge in [-0.3, -0.25) is 4.79 Å². The number of carbonyl (C=O) groups excluding carboxylic acids is 1. The van der Waals surface area contributed by atoms with E-state index in [0.29, 0.717) is 23.8 Å². The highest BCUT2D eigenvalue weighted by Crippen LogP contribution is 2.52. The SMILES string of the molecule is O=C1CCC[C@H]2[C@@H](Cc3ccccc3)[C@H](NCc3ccccc3)CC[C@]23CCCN13. The molecule has 5 rings (SSSR count). The number of nitrogens with zero attached hydrogens (tertiary/aromatic N) is 1. The van der Waals surface area contributed by atoms with Crippen molar-refractivity contribution in [2.45, 2.75) is 69.5 Å². The molecule has 0 radical (unpaired) electrons. The van der Waals surface area contributed by atoms with Gasteiger partial charge in [-0.15, -0.1) is 0 Å². The maximum Gasteiger partial charge on any atom is 0.223 e. The van der Waals surface area contributed by atoms with Crippen LogP contribution in [-0.4, -0.2) is 28.9 Å². The molecule has 3 fully saturated rings. The van der Waals surface area contributed by atoms with E-state index in [1.807, 2.05) is 0 Å². The van der Waals surface area contributed by atoms with Crippen LogP contribution in [0.3, 0.4) is 0 Å². The summed E-state index contributed by atoms with van der Waals surface area (Å²) in [4.78, 5) is 15.2. The van der Waals surface area contributed by atoms with Crippen molar-refractivity contribution in [3.05, 3.63) is 71.8 Å². The van der Waals surface area contributed by atoms with Gasteiger partial charge in [-0.05, 0) is 67.9 Å². The Morgan fingerprint density at radius 2 is 1.63 bits per heavy atom. The molecular formula is C27H34N2O. The molecule has 1 amide bonds. The smallest absolute Gasteiger partial charge is 0.223 e. The third-order valence-corrected chi connectivity index (χ3v) is 8.07. The minimum absolute atomic E-state index is 0.123. The number of hydrogen-bond donors (Lipinski definition) is 1. The summed E-state index contributed by atoms with van der Waals surface area (Å²) < 4.78 is 0. The van der Waals surface area contributed by atoms with E-state index in [2.05, 4.69) is 70.9 Å². The summed E-state index contributed by atoms with van der Waals surface area (Å²) in [7, 11) is 0. The number of nitrogens with one attached hydrogen (secondary N) is 1. The van der Waals surface area contributed by atoms with Crippen LogP contribution in [0.5, 0.6) is 0 Å². The van der Waals surface area contributed by atoms with E-state index in [9.17, 15) is 4.79 Å². The quantitative estimate of drug-likeness (QED) is 0.767. The second-order valence-electron chi connectivity index (χ2n) is 9.62. The predicted molar refractivity (Wildman–Crippen MR) is 121 cm³/mol. The molecule has 1 spiro atoms. The lowest BCUT2D eigenvalue weighted by molar-refractivity contribution is -0.138. The summed E-state index contributed by atoms with van der Waals surface area (Å²) in [5.74, 6) is 1.61. The lowest BCUT2D eigenvalue weighted by Crippen LogP contribution is -2.60. The third kappa shape index (κ3) is 3.69. The molecule has 158 valence electrons. The van der Waals surface area contributed by atoms with Gasteiger partial charge in [0.2, 0.25) is 5.91 Å². The molecule has 2 saturated heterocycles. The van der Waals surface area contributed by atoms with E-state index in [0.717, 1.165) is 32.4 Å². The molecule has 1 aliphatic carbocycles. The molecule has 3 heteroatoms. The van der Waals surface area contributed by atoms with Crippen molar-refractivity contribution in [2.75, 3.05) is 6.54 Å². The summed E-state index contributed by atoms with van der Waals surface area (Å²) in [5.41, 5.74) is 2.92. The van der Waals surface area contributed by atoms with Crippen LogP contribution in [0.25, 0.3) is 0 Å². The van der Waals surface area contributed by atoms with Gasteiger partial charge in [-0.2, -0.15) is 0 Å². The van der Waals surface area contributed by atoms with Gasteiger partial charge in [-0.25, -0.2) is 0 Å². The zero-order valence-corrected chi connectivity index (χ0v) is 17.9. The molecule has 0 aromatic heterocycles. The van der Waals surface area contributed by atoms with E-state index < -0.39 is 0 Å². The first-order valence-corrected chi connectivity index (χ1v) is 11.9. The second kappa shape index (κ2) is 8.55. The first-order chi connectivity index (χ1) is 14.8. The Labute approximate surface area is 180 Å². The summed E-state index contributed by atoms with van der Waals surface area (Å²) in [6.07, 6.45) is 8.84. The fourth-order valence-corrected chi connectivity index (χ4v) is 6.76. The molecule has 2 aromatic carbocycles. The Kier molecular flexibility index (Phi) is 5.64. The minimum atomic E-state index is 0.123. The molecule has 0 bridgehead atoms. The van der Waals surface area contributed by atoms with Gasteiger partial charge in [0, 0.05) is 31.1 Å². The first-order valence-electron chi connectivity index (χ1n) is 11.9. The predicted octanol–water partition coefficient (Wildman–Crippen LogP) is 4.96. The second-order valence-corrected chi connectivity index (χ2v) is 9.62. The number of benzene rings is 2. The van der Waals surface area contributed by atoms with Crippen molar-refractivity contribution < 1.29 is 4.79 Å². The van der Waals surface area contributed by atoms with Gasteiger partial charge in [0.1, 0.15) is 0 Å². The highest BCUT2D eigenvalue weighted by molar-refractivity contribution is 5.78. The van der Waals surface area contributed by atoms with Crippen LogP contribution < -0.4 is 5.32 Å². The third-order valence-electron chi connectivity index (χ3n) is 8.07. The summed E-state index contributed by atoms with van der Waals surface area (Å²) in [6, 6.07) is 22.3. The van der Waals surface area contributed by atoms with Gasteiger partial charge in [0.05, 0.1) is 0 Å². The van der Waals surface area contributed by atoms with Crippen LogP contribution in [-0.2, 0) is 17.8 Å². The fraction of sp³-hybridized carbons (Fsp3) is 0.519. The average molecular weight is 403 g/mol. The zero-order chi connectivity index (χ0) is 20.4. The Balaban J connectivity index is 1.43. The molecule has 2 heterocycles. The van der Waals surface area contributed by atoms with Crippen molar-refractivity contribution in [1.29, 1.82) is 0 Å². The standard InChI is InChI=1S/C27H34N2O/c30-26-14-7-13-24-23(19-21-9-3-1-4-10-21)25(28-20-22-11-5-2-6-12-22)15-17-27(24)16-8-18-29(26)27/h1-6,9-12,23-25,28H,7-8,13-20H2/t23-,24+,25-,27-/m1/s1. The lowest BCUT2D eigenvalue weighted by atomic mass is 9.61. The number of amides is 1. The molecule has 4 atom stereocenters. The number of hydrogen-bond acceptors (Lipinski definition) is 2. The van der Waals surface area contributed by atoms with Crippen LogP contribution in [0.4, 0.5) is 0 Å². The van der Waals surface area contributed by atoms with Gasteiger partial charge in [-0.1, -0.05) is 60.7 Å². The minimum Gasteiger partial charge on any atom is -0.337 e. The molecule has 0 unspecified atom stereocenters. The van der Waals surface area contributed by atoms with Gasteiger partial charge < -0.3 is 10.2 Å². The van der Waals surface area contributed by atoms with Gasteiger partial charge in [0.15, 0.2) is 0 Å². The molecule has 3 nitrogen and oxygen atoms in total. The van der Waals surface area contributed by atoms with Crippen molar-refractivity contribution in [2.24, 2.45) is 11.8 Å². The van der Waals surface area contributed by atoms with Gasteiger partial charge in [0.25, 0.3) is 0 Å². The largest absolute Gasteiger partial charge is 0.337 e. The fourth-order valence-electron chi connectivity index (χ4n) is 6.76. The van der Waals surface area contributed by atoms with E-state index in [1.54, 1.807) is 0 Å². The molecule has 2 aliphatic heterocycles. The van der Waals surface area contributed by atoms with Crippen LogP contribution in [0.2, 0.25) is 0 Å². The molecule has 30 heavy (non-hydrogen) atoms. The summed E-state index contributed by atoms with van der Waals surface area (Å²) in [6.45, 7) is 1.91. The topological polar surface area (TPSA) is 32.3 Å². The monoisotopic (exact) mass is 402 g/mol. The molecule has 3 aliphatic rings. The van der Waals surface area contributed by atoms with E-state index in [1.165, 1.54) is 43.2 Å². The molecule has 2 aromatic rings. The maximum absolute atomic E-state index is 12.9. The molecule has 1 saturated carbocycles. The lowest BCUT2D eigenvalue weighted by Gasteiger charge is -2.53. The van der Waals surface area contributed by atoms with E-state index >= 15 is 0 Å². The van der Waals surface area contributed by atoms with Crippen molar-refractivity contribution >= 4 is 5.91 Å². The zero-order valence-electron chi connectivity index (χ0n) is 17.9. The van der Waals surface area contributed by atoms with Crippen molar-refractivity contribution in [3.8, 4) is 0 Å². The van der Waals surface area contributed by atoms with Gasteiger partial charge >= 0.3 is 0 Å². The highest BCUT2D eigenvalue weighted by Gasteiger charge is 2.55. The van der Waals surface area contributed by atoms with E-state index in [4.69, 9.17) is 0 Å².